The third-order valence-corrected chi connectivity index (χ3v) is 11.9. The lowest BCUT2D eigenvalue weighted by Gasteiger charge is -2.27. The van der Waals surface area contributed by atoms with Gasteiger partial charge in [0.05, 0.1) is 22.2 Å². The largest absolute Gasteiger partial charge is 0.336 e. The van der Waals surface area contributed by atoms with Gasteiger partial charge in [0, 0.05) is 60.4 Å². The van der Waals surface area contributed by atoms with Gasteiger partial charge in [0.2, 0.25) is 0 Å². The van der Waals surface area contributed by atoms with Crippen molar-refractivity contribution in [2.75, 3.05) is 0 Å². The second kappa shape index (κ2) is 11.9. The third kappa shape index (κ3) is 5.22. The van der Waals surface area contributed by atoms with E-state index >= 15 is 0 Å². The topological polar surface area (TPSA) is 14.8 Å². The molecule has 0 atom stereocenters. The molecule has 54 heavy (non-hydrogen) atoms. The van der Waals surface area contributed by atoms with E-state index in [-0.39, 0.29) is 16.4 Å². The number of benzene rings is 6. The van der Waals surface area contributed by atoms with Gasteiger partial charge in [0.1, 0.15) is 0 Å². The molecule has 0 spiro atoms. The molecule has 3 heterocycles. The SMILES string of the molecule is CC(C)n1c2ccccc2c2cccc(-n3c4ccccc4c4cc(CC(C)(C)c5ccc6c(c5)c5cc(C(C)(C)C)ccc5n6C(C)(C)C)ccc43)c21. The van der Waals surface area contributed by atoms with E-state index in [0.29, 0.717) is 6.04 Å². The summed E-state index contributed by atoms with van der Waals surface area (Å²) in [7, 11) is 0. The highest BCUT2D eigenvalue weighted by molar-refractivity contribution is 6.14. The molecule has 0 unspecified atom stereocenters. The Balaban J connectivity index is 1.18. The Labute approximate surface area is 319 Å². The van der Waals surface area contributed by atoms with Crippen LogP contribution in [0.25, 0.3) is 71.1 Å². The summed E-state index contributed by atoms with van der Waals surface area (Å²) in [6.07, 6.45) is 0.941. The van der Waals surface area contributed by atoms with Crippen LogP contribution in [0.1, 0.15) is 92.0 Å². The zero-order valence-corrected chi connectivity index (χ0v) is 33.7. The van der Waals surface area contributed by atoms with Gasteiger partial charge in [-0.15, -0.1) is 0 Å². The van der Waals surface area contributed by atoms with Crippen LogP contribution in [0.5, 0.6) is 0 Å². The molecule has 6 aromatic carbocycles. The number of fused-ring (bicyclic) bond motifs is 9. The van der Waals surface area contributed by atoms with Crippen LogP contribution in [0, 0.1) is 0 Å². The van der Waals surface area contributed by atoms with E-state index in [1.54, 1.807) is 0 Å². The van der Waals surface area contributed by atoms with Gasteiger partial charge in [-0.2, -0.15) is 0 Å². The zero-order chi connectivity index (χ0) is 37.9. The summed E-state index contributed by atoms with van der Waals surface area (Å²) in [5.41, 5.74) is 13.0. The number of para-hydroxylation sites is 3. The molecule has 272 valence electrons. The van der Waals surface area contributed by atoms with Crippen molar-refractivity contribution in [1.29, 1.82) is 0 Å². The quantitative estimate of drug-likeness (QED) is 0.169. The van der Waals surface area contributed by atoms with Gasteiger partial charge in [-0.05, 0) is 123 Å². The predicted octanol–water partition coefficient (Wildman–Crippen LogP) is 14.2. The highest BCUT2D eigenvalue weighted by atomic mass is 15.1. The Morgan fingerprint density at radius 1 is 0.481 bits per heavy atom. The van der Waals surface area contributed by atoms with Crippen LogP contribution in [0.15, 0.2) is 121 Å². The van der Waals surface area contributed by atoms with Crippen molar-refractivity contribution < 1.29 is 0 Å². The molecule has 0 aliphatic carbocycles. The maximum Gasteiger partial charge on any atom is 0.0738 e. The van der Waals surface area contributed by atoms with E-state index in [1.807, 2.05) is 0 Å². The molecule has 0 fully saturated rings. The van der Waals surface area contributed by atoms with Crippen molar-refractivity contribution >= 4 is 65.4 Å². The van der Waals surface area contributed by atoms with Gasteiger partial charge in [0.15, 0.2) is 0 Å². The average molecular weight is 708 g/mol. The van der Waals surface area contributed by atoms with Gasteiger partial charge >= 0.3 is 0 Å². The number of nitrogens with zero attached hydrogens (tertiary/aromatic N) is 3. The number of hydrogen-bond donors (Lipinski definition) is 0. The molecule has 3 nitrogen and oxygen atoms in total. The minimum atomic E-state index is -0.0815. The molecule has 0 saturated carbocycles. The lowest BCUT2D eigenvalue weighted by molar-refractivity contribution is 0.423. The minimum Gasteiger partial charge on any atom is -0.336 e. The molecular formula is C51H53N3. The summed E-state index contributed by atoms with van der Waals surface area (Å²) in [5.74, 6) is 0. The predicted molar refractivity (Wildman–Crippen MR) is 234 cm³/mol. The van der Waals surface area contributed by atoms with Crippen LogP contribution in [0.4, 0.5) is 0 Å². The summed E-state index contributed by atoms with van der Waals surface area (Å²) in [6, 6.07) is 46.5. The monoisotopic (exact) mass is 707 g/mol. The van der Waals surface area contributed by atoms with Crippen molar-refractivity contribution in [3.05, 3.63) is 138 Å². The number of rotatable bonds is 5. The minimum absolute atomic E-state index is 0.0360. The fraction of sp³-hybridized carbons (Fsp3) is 0.294. The molecule has 0 N–H and O–H groups in total. The first kappa shape index (κ1) is 34.5. The molecule has 0 amide bonds. The molecule has 3 heteroatoms. The Bertz CT molecular complexity index is 2920. The second-order valence-electron chi connectivity index (χ2n) is 18.6. The van der Waals surface area contributed by atoms with Crippen LogP contribution in [0.2, 0.25) is 0 Å². The van der Waals surface area contributed by atoms with E-state index < -0.39 is 0 Å². The Morgan fingerprint density at radius 3 is 1.67 bits per heavy atom. The summed E-state index contributed by atoms with van der Waals surface area (Å²) in [4.78, 5) is 0. The van der Waals surface area contributed by atoms with Gasteiger partial charge in [-0.1, -0.05) is 101 Å². The van der Waals surface area contributed by atoms with Crippen LogP contribution in [-0.4, -0.2) is 13.7 Å². The van der Waals surface area contributed by atoms with Gasteiger partial charge in [-0.25, -0.2) is 0 Å². The van der Waals surface area contributed by atoms with Crippen LogP contribution in [0.3, 0.4) is 0 Å². The maximum atomic E-state index is 2.53. The highest BCUT2D eigenvalue weighted by Gasteiger charge is 2.27. The van der Waals surface area contributed by atoms with Crippen molar-refractivity contribution in [3.63, 3.8) is 0 Å². The molecule has 0 aliphatic heterocycles. The summed E-state index contributed by atoms with van der Waals surface area (Å²) >= 11 is 0. The molecule has 0 radical (unpaired) electrons. The normalized spacial score (nSPS) is 13.2. The number of aromatic nitrogens is 3. The van der Waals surface area contributed by atoms with Gasteiger partial charge < -0.3 is 13.7 Å². The summed E-state index contributed by atoms with van der Waals surface area (Å²) < 4.78 is 7.56. The fourth-order valence-corrected chi connectivity index (χ4v) is 9.39. The van der Waals surface area contributed by atoms with Crippen molar-refractivity contribution in [2.24, 2.45) is 0 Å². The molecular weight excluding hydrogens is 655 g/mol. The van der Waals surface area contributed by atoms with Crippen molar-refractivity contribution in [2.45, 2.75) is 98.1 Å². The van der Waals surface area contributed by atoms with E-state index in [1.165, 1.54) is 87.8 Å². The Hall–Kier alpha value is -5.28. The van der Waals surface area contributed by atoms with Crippen LogP contribution >= 0.6 is 0 Å². The van der Waals surface area contributed by atoms with Gasteiger partial charge in [-0.3, -0.25) is 0 Å². The average Bonchev–Trinajstić information content (AvgIpc) is 3.76. The Kier molecular flexibility index (Phi) is 7.57. The second-order valence-corrected chi connectivity index (χ2v) is 18.6. The van der Waals surface area contributed by atoms with E-state index in [4.69, 9.17) is 0 Å². The highest BCUT2D eigenvalue weighted by Crippen LogP contribution is 2.42. The molecule has 3 aromatic heterocycles. The summed E-state index contributed by atoms with van der Waals surface area (Å²) in [5, 5.41) is 7.92. The lowest BCUT2D eigenvalue weighted by Crippen LogP contribution is -2.22. The molecule has 0 aliphatic rings. The van der Waals surface area contributed by atoms with Gasteiger partial charge in [0.25, 0.3) is 0 Å². The van der Waals surface area contributed by atoms with Crippen LogP contribution < -0.4 is 0 Å². The number of hydrogen-bond acceptors (Lipinski definition) is 0. The molecule has 9 rings (SSSR count). The van der Waals surface area contributed by atoms with Crippen molar-refractivity contribution in [3.8, 4) is 5.69 Å². The first-order valence-corrected chi connectivity index (χ1v) is 19.8. The smallest absolute Gasteiger partial charge is 0.0738 e. The maximum absolute atomic E-state index is 2.53. The first-order valence-electron chi connectivity index (χ1n) is 19.8. The standard InChI is InChI=1S/C51H53N3/c1-32(2)52-42-19-13-11-16-36(42)38-18-15-21-47(48(38)52)53-43-20-14-12-17-37(43)39-28-33(22-25-44(39)53)31-51(9,10)35-24-27-46-41(30-35)40-29-34(49(3,4)5)23-26-45(40)54(46)50(6,7)8/h11-30,32H,31H2,1-10H3. The molecule has 9 aromatic rings. The summed E-state index contributed by atoms with van der Waals surface area (Å²) in [6.45, 7) is 23.3. The van der Waals surface area contributed by atoms with E-state index in [2.05, 4.69) is 204 Å². The first-order chi connectivity index (χ1) is 25.6. The Morgan fingerprint density at radius 2 is 1.02 bits per heavy atom. The third-order valence-electron chi connectivity index (χ3n) is 11.9. The lowest BCUT2D eigenvalue weighted by atomic mass is 9.78. The van der Waals surface area contributed by atoms with E-state index in [9.17, 15) is 0 Å². The molecule has 0 bridgehead atoms. The van der Waals surface area contributed by atoms with Crippen molar-refractivity contribution in [1.82, 2.24) is 13.7 Å². The molecule has 0 saturated heterocycles. The zero-order valence-electron chi connectivity index (χ0n) is 33.7. The van der Waals surface area contributed by atoms with E-state index in [0.717, 1.165) is 6.42 Å². The fourth-order valence-electron chi connectivity index (χ4n) is 9.39. The van der Waals surface area contributed by atoms with Crippen LogP contribution in [-0.2, 0) is 22.8 Å².